The van der Waals surface area contributed by atoms with Crippen molar-refractivity contribution in [1.29, 1.82) is 0 Å². The summed E-state index contributed by atoms with van der Waals surface area (Å²) in [5, 5.41) is 0. The van der Waals surface area contributed by atoms with Crippen molar-refractivity contribution in [2.24, 2.45) is 0 Å². The van der Waals surface area contributed by atoms with E-state index in [1.54, 1.807) is 6.20 Å². The molecule has 1 aliphatic heterocycles. The van der Waals surface area contributed by atoms with Gasteiger partial charge in [0, 0.05) is 45.6 Å². The third-order valence-electron chi connectivity index (χ3n) is 2.92. The predicted octanol–water partition coefficient (Wildman–Crippen LogP) is 0.506. The number of anilines is 1. The largest absolute Gasteiger partial charge is 0.375 e. The molecule has 1 amide bonds. The van der Waals surface area contributed by atoms with Crippen LogP contribution in [-0.2, 0) is 16.1 Å². The third-order valence-corrected chi connectivity index (χ3v) is 2.92. The predicted molar refractivity (Wildman–Crippen MR) is 64.8 cm³/mol. The van der Waals surface area contributed by atoms with Crippen LogP contribution in [0.25, 0.3) is 0 Å². The van der Waals surface area contributed by atoms with Gasteiger partial charge in [0.15, 0.2) is 0 Å². The zero-order chi connectivity index (χ0) is 12.3. The lowest BCUT2D eigenvalue weighted by molar-refractivity contribution is -0.135. The van der Waals surface area contributed by atoms with Crippen molar-refractivity contribution >= 4 is 11.7 Å². The van der Waals surface area contributed by atoms with E-state index in [4.69, 9.17) is 4.74 Å². The number of hydrogen-bond donors (Lipinski definition) is 0. The number of hydrogen-bond acceptors (Lipinski definition) is 4. The van der Waals surface area contributed by atoms with Gasteiger partial charge in [-0.3, -0.25) is 4.79 Å². The van der Waals surface area contributed by atoms with Crippen LogP contribution in [0.2, 0.25) is 0 Å². The Morgan fingerprint density at radius 3 is 3.12 bits per heavy atom. The molecule has 1 aromatic heterocycles. The molecule has 0 aromatic carbocycles. The van der Waals surface area contributed by atoms with Crippen molar-refractivity contribution in [2.45, 2.75) is 6.54 Å². The number of amides is 1. The van der Waals surface area contributed by atoms with Gasteiger partial charge in [-0.2, -0.15) is 0 Å². The summed E-state index contributed by atoms with van der Waals surface area (Å²) in [6.07, 6.45) is 1.78. The average molecular weight is 235 g/mol. The Morgan fingerprint density at radius 1 is 1.53 bits per heavy atom. The molecular weight excluding hydrogens is 218 g/mol. The topological polar surface area (TPSA) is 45.7 Å². The van der Waals surface area contributed by atoms with Crippen molar-refractivity contribution in [3.63, 3.8) is 0 Å². The van der Waals surface area contributed by atoms with Crippen LogP contribution in [-0.4, -0.2) is 49.6 Å². The fraction of sp³-hybridized carbons (Fsp3) is 0.500. The SMILES string of the molecule is COCC(=O)N1CCN(C)c2ncccc2C1. The van der Waals surface area contributed by atoms with Gasteiger partial charge in [-0.15, -0.1) is 0 Å². The van der Waals surface area contributed by atoms with E-state index in [0.717, 1.165) is 17.9 Å². The molecule has 0 saturated heterocycles. The number of likely N-dealkylation sites (N-methyl/N-ethyl adjacent to an activating group) is 1. The number of carbonyl (C=O) groups is 1. The number of nitrogens with zero attached hydrogens (tertiary/aromatic N) is 3. The van der Waals surface area contributed by atoms with Gasteiger partial charge < -0.3 is 14.5 Å². The first-order valence-electron chi connectivity index (χ1n) is 5.64. The summed E-state index contributed by atoms with van der Waals surface area (Å²) in [5.74, 6) is 0.984. The van der Waals surface area contributed by atoms with Crippen molar-refractivity contribution < 1.29 is 9.53 Å². The number of fused-ring (bicyclic) bond motifs is 1. The minimum absolute atomic E-state index is 0.0256. The van der Waals surface area contributed by atoms with Gasteiger partial charge in [-0.05, 0) is 6.07 Å². The second kappa shape index (κ2) is 5.14. The van der Waals surface area contributed by atoms with E-state index in [1.165, 1.54) is 7.11 Å². The molecule has 1 aromatic rings. The average Bonchev–Trinajstić information content (AvgIpc) is 2.50. The van der Waals surface area contributed by atoms with Crippen LogP contribution in [0.3, 0.4) is 0 Å². The van der Waals surface area contributed by atoms with Crippen molar-refractivity contribution in [3.8, 4) is 0 Å². The van der Waals surface area contributed by atoms with Gasteiger partial charge in [0.2, 0.25) is 5.91 Å². The second-order valence-corrected chi connectivity index (χ2v) is 4.16. The number of carbonyl (C=O) groups excluding carboxylic acids is 1. The van der Waals surface area contributed by atoms with Crippen LogP contribution in [0.4, 0.5) is 5.82 Å². The van der Waals surface area contributed by atoms with Crippen molar-refractivity contribution in [3.05, 3.63) is 23.9 Å². The van der Waals surface area contributed by atoms with Crippen LogP contribution in [0.1, 0.15) is 5.56 Å². The minimum Gasteiger partial charge on any atom is -0.375 e. The molecule has 0 bridgehead atoms. The molecule has 0 aliphatic carbocycles. The highest BCUT2D eigenvalue weighted by atomic mass is 16.5. The molecule has 0 atom stereocenters. The first-order chi connectivity index (χ1) is 8.22. The van der Waals surface area contributed by atoms with E-state index in [-0.39, 0.29) is 12.5 Å². The number of pyridine rings is 1. The molecular formula is C12H17N3O2. The van der Waals surface area contributed by atoms with E-state index in [2.05, 4.69) is 9.88 Å². The molecule has 0 unspecified atom stereocenters. The first-order valence-corrected chi connectivity index (χ1v) is 5.64. The Morgan fingerprint density at radius 2 is 2.35 bits per heavy atom. The molecule has 1 aliphatic rings. The molecule has 0 spiro atoms. The van der Waals surface area contributed by atoms with Gasteiger partial charge in [0.05, 0.1) is 0 Å². The van der Waals surface area contributed by atoms with Gasteiger partial charge in [0.25, 0.3) is 0 Å². The van der Waals surface area contributed by atoms with Crippen molar-refractivity contribution in [1.82, 2.24) is 9.88 Å². The molecule has 17 heavy (non-hydrogen) atoms. The van der Waals surface area contributed by atoms with Crippen LogP contribution < -0.4 is 4.90 Å². The zero-order valence-corrected chi connectivity index (χ0v) is 10.2. The van der Waals surface area contributed by atoms with Crippen LogP contribution in [0, 0.1) is 0 Å². The summed E-state index contributed by atoms with van der Waals surface area (Å²) in [4.78, 5) is 20.1. The van der Waals surface area contributed by atoms with E-state index >= 15 is 0 Å². The van der Waals surface area contributed by atoms with Crippen molar-refractivity contribution in [2.75, 3.05) is 38.8 Å². The second-order valence-electron chi connectivity index (χ2n) is 4.16. The lowest BCUT2D eigenvalue weighted by Gasteiger charge is -2.20. The number of ether oxygens (including phenoxy) is 1. The fourth-order valence-electron chi connectivity index (χ4n) is 1.99. The summed E-state index contributed by atoms with van der Waals surface area (Å²) >= 11 is 0. The molecule has 2 rings (SSSR count). The molecule has 0 N–H and O–H groups in total. The summed E-state index contributed by atoms with van der Waals surface area (Å²) in [7, 11) is 3.54. The lowest BCUT2D eigenvalue weighted by Crippen LogP contribution is -2.36. The highest BCUT2D eigenvalue weighted by Gasteiger charge is 2.21. The molecule has 5 heteroatoms. The zero-order valence-electron chi connectivity index (χ0n) is 10.2. The molecule has 5 nitrogen and oxygen atoms in total. The summed E-state index contributed by atoms with van der Waals surface area (Å²) < 4.78 is 4.89. The number of aromatic nitrogens is 1. The van der Waals surface area contributed by atoms with Crippen LogP contribution in [0.15, 0.2) is 18.3 Å². The molecule has 92 valence electrons. The van der Waals surface area contributed by atoms with E-state index in [0.29, 0.717) is 13.1 Å². The maximum absolute atomic E-state index is 11.8. The lowest BCUT2D eigenvalue weighted by atomic mass is 10.2. The van der Waals surface area contributed by atoms with Crippen LogP contribution in [0.5, 0.6) is 0 Å². The number of methoxy groups -OCH3 is 1. The fourth-order valence-corrected chi connectivity index (χ4v) is 1.99. The highest BCUT2D eigenvalue weighted by molar-refractivity contribution is 5.77. The maximum Gasteiger partial charge on any atom is 0.248 e. The Hall–Kier alpha value is -1.62. The van der Waals surface area contributed by atoms with Gasteiger partial charge in [-0.1, -0.05) is 6.07 Å². The molecule has 2 heterocycles. The minimum atomic E-state index is 0.0256. The van der Waals surface area contributed by atoms with Gasteiger partial charge >= 0.3 is 0 Å². The Kier molecular flexibility index (Phi) is 3.58. The first kappa shape index (κ1) is 11.9. The standard InChI is InChI=1S/C12H17N3O2/c1-14-6-7-15(11(16)9-17-2)8-10-4-3-5-13-12(10)14/h3-5H,6-9H2,1-2H3. The summed E-state index contributed by atoms with van der Waals surface area (Å²) in [6.45, 7) is 2.24. The monoisotopic (exact) mass is 235 g/mol. The maximum atomic E-state index is 11.8. The summed E-state index contributed by atoms with van der Waals surface area (Å²) in [6, 6.07) is 3.91. The van der Waals surface area contributed by atoms with Gasteiger partial charge in [-0.25, -0.2) is 4.98 Å². The molecule has 0 fully saturated rings. The van der Waals surface area contributed by atoms with E-state index in [9.17, 15) is 4.79 Å². The van der Waals surface area contributed by atoms with Crippen LogP contribution >= 0.6 is 0 Å². The normalized spacial score (nSPS) is 15.4. The highest BCUT2D eigenvalue weighted by Crippen LogP contribution is 2.20. The summed E-state index contributed by atoms with van der Waals surface area (Å²) in [5.41, 5.74) is 1.08. The Balaban J connectivity index is 2.20. The smallest absolute Gasteiger partial charge is 0.248 e. The molecule has 0 radical (unpaired) electrons. The van der Waals surface area contributed by atoms with E-state index < -0.39 is 0 Å². The Bertz CT molecular complexity index is 408. The Labute approximate surface area is 101 Å². The quantitative estimate of drug-likeness (QED) is 0.749. The molecule has 0 saturated carbocycles. The van der Waals surface area contributed by atoms with E-state index in [1.807, 2.05) is 24.1 Å². The van der Waals surface area contributed by atoms with Gasteiger partial charge in [0.1, 0.15) is 12.4 Å². The third kappa shape index (κ3) is 2.55. The number of rotatable bonds is 2.